The van der Waals surface area contributed by atoms with Gasteiger partial charge in [0.15, 0.2) is 0 Å². The first kappa shape index (κ1) is 5.82. The van der Waals surface area contributed by atoms with Gasteiger partial charge in [-0.1, -0.05) is 0 Å². The zero-order valence-electron chi connectivity index (χ0n) is 3.43. The van der Waals surface area contributed by atoms with Gasteiger partial charge in [0, 0.05) is 6.92 Å². The second-order valence-electron chi connectivity index (χ2n) is 0.830. The predicted molar refractivity (Wildman–Crippen MR) is 27.1 cm³/mol. The van der Waals surface area contributed by atoms with Crippen LogP contribution in [0.5, 0.6) is 0 Å². The third-order valence-corrected chi connectivity index (χ3v) is 0.397. The second kappa shape index (κ2) is 3.03. The Balaban J connectivity index is 2.83. The normalized spacial score (nSPS) is 7.67. The fourth-order valence-electron chi connectivity index (χ4n) is 0.0909. The summed E-state index contributed by atoms with van der Waals surface area (Å²) in [4.78, 5) is 9.85. The number of rotatable bonds is 1. The lowest BCUT2D eigenvalue weighted by Crippen LogP contribution is -2.12. The molecule has 1 N–H and O–H groups in total. The zero-order valence-corrected chi connectivity index (χ0v) is 4.33. The maximum Gasteiger partial charge on any atom is 0.217 e. The van der Waals surface area contributed by atoms with Gasteiger partial charge in [-0.2, -0.15) is 12.6 Å². The molecule has 2 nitrogen and oxygen atoms in total. The van der Waals surface area contributed by atoms with E-state index in [4.69, 9.17) is 0 Å². The molecule has 0 rings (SSSR count). The van der Waals surface area contributed by atoms with Crippen molar-refractivity contribution in [2.24, 2.45) is 0 Å². The summed E-state index contributed by atoms with van der Waals surface area (Å²) in [7, 11) is 0. The molecule has 0 aliphatic rings. The molecule has 0 unspecified atom stereocenters. The van der Waals surface area contributed by atoms with Crippen molar-refractivity contribution >= 4 is 18.5 Å². The van der Waals surface area contributed by atoms with E-state index in [0.717, 1.165) is 0 Å². The highest BCUT2D eigenvalue weighted by atomic mass is 32.1. The third kappa shape index (κ3) is 3.82. The van der Waals surface area contributed by atoms with Gasteiger partial charge in [-0.15, -0.1) is 0 Å². The first-order chi connectivity index (χ1) is 2.77. The number of carbonyl (C=O) groups excluding carboxylic acids is 1. The first-order valence-electron chi connectivity index (χ1n) is 1.50. The van der Waals surface area contributed by atoms with Crippen molar-refractivity contribution in [1.29, 1.82) is 0 Å². The summed E-state index contributed by atoms with van der Waals surface area (Å²) in [5.41, 5.74) is 0. The molecule has 0 aromatic heterocycles. The van der Waals surface area contributed by atoms with E-state index in [9.17, 15) is 4.79 Å². The molecule has 0 heterocycles. The number of hydrogen-bond donors (Lipinski definition) is 2. The molecule has 0 aromatic carbocycles. The average molecular weight is 104 g/mol. The van der Waals surface area contributed by atoms with E-state index in [-0.39, 0.29) is 5.91 Å². The average Bonchev–Trinajstić information content (AvgIpc) is 1.35. The number of amides is 1. The van der Waals surface area contributed by atoms with Crippen molar-refractivity contribution in [3.8, 4) is 0 Å². The van der Waals surface area contributed by atoms with E-state index >= 15 is 0 Å². The molecule has 0 bridgehead atoms. The van der Waals surface area contributed by atoms with Gasteiger partial charge in [-0.3, -0.25) is 4.79 Å². The van der Waals surface area contributed by atoms with Crippen LogP contribution in [-0.4, -0.2) is 5.91 Å². The van der Waals surface area contributed by atoms with Crippen molar-refractivity contribution in [2.45, 2.75) is 6.92 Å². The summed E-state index contributed by atoms with van der Waals surface area (Å²) in [6, 6.07) is 0. The summed E-state index contributed by atoms with van der Waals surface area (Å²) in [5.74, 6) is 1.20. The second-order valence-corrected chi connectivity index (χ2v) is 1.09. The number of carbonyl (C=O) groups is 1. The highest BCUT2D eigenvalue weighted by Gasteiger charge is 1.80. The van der Waals surface area contributed by atoms with E-state index in [0.29, 0.717) is 0 Å². The fourth-order valence-corrected chi connectivity index (χ4v) is 0.273. The van der Waals surface area contributed by atoms with Gasteiger partial charge in [0.2, 0.25) is 5.91 Å². The summed E-state index contributed by atoms with van der Waals surface area (Å²) >= 11 is 3.60. The fraction of sp³-hybridized carbons (Fsp3) is 0.333. The molecule has 3 heteroatoms. The van der Waals surface area contributed by atoms with Crippen LogP contribution in [0.2, 0.25) is 0 Å². The van der Waals surface area contributed by atoms with Crippen molar-refractivity contribution < 1.29 is 4.79 Å². The lowest BCUT2D eigenvalue weighted by atomic mass is 10.7. The van der Waals surface area contributed by atoms with E-state index in [2.05, 4.69) is 17.9 Å². The van der Waals surface area contributed by atoms with E-state index < -0.39 is 0 Å². The summed E-state index contributed by atoms with van der Waals surface area (Å²) in [6.07, 6.45) is 0. The molecule has 0 aliphatic heterocycles. The SMILES string of the molecule is CC(=O)N[CH]S. The molecule has 0 saturated carbocycles. The van der Waals surface area contributed by atoms with Crippen LogP contribution in [0.25, 0.3) is 0 Å². The van der Waals surface area contributed by atoms with Gasteiger partial charge in [-0.25, -0.2) is 0 Å². The van der Waals surface area contributed by atoms with Gasteiger partial charge in [0.25, 0.3) is 0 Å². The zero-order chi connectivity index (χ0) is 4.99. The molecular weight excluding hydrogens is 98.1 g/mol. The smallest absolute Gasteiger partial charge is 0.217 e. The van der Waals surface area contributed by atoms with Crippen LogP contribution < -0.4 is 5.32 Å². The van der Waals surface area contributed by atoms with Crippen molar-refractivity contribution in [3.63, 3.8) is 0 Å². The maximum atomic E-state index is 9.85. The Kier molecular flexibility index (Phi) is 2.94. The standard InChI is InChI=1S/C3H6NOS/c1-3(5)4-2-6/h2,6H,1H3,(H,4,5). The lowest BCUT2D eigenvalue weighted by Gasteiger charge is -1.87. The van der Waals surface area contributed by atoms with E-state index in [1.165, 1.54) is 12.8 Å². The maximum absolute atomic E-state index is 9.85. The molecule has 0 fully saturated rings. The summed E-state index contributed by atoms with van der Waals surface area (Å²) in [5, 5.41) is 2.31. The van der Waals surface area contributed by atoms with Crippen molar-refractivity contribution in [2.75, 3.05) is 0 Å². The Labute approximate surface area is 42.3 Å². The van der Waals surface area contributed by atoms with E-state index in [1.807, 2.05) is 0 Å². The topological polar surface area (TPSA) is 29.1 Å². The Morgan fingerprint density at radius 3 is 2.50 bits per heavy atom. The van der Waals surface area contributed by atoms with Crippen LogP contribution >= 0.6 is 12.6 Å². The highest BCUT2D eigenvalue weighted by Crippen LogP contribution is 1.71. The summed E-state index contributed by atoms with van der Waals surface area (Å²) < 4.78 is 0. The van der Waals surface area contributed by atoms with Gasteiger partial charge in [-0.05, 0) is 0 Å². The molecule has 1 radical (unpaired) electrons. The molecule has 1 amide bonds. The van der Waals surface area contributed by atoms with E-state index in [1.54, 1.807) is 0 Å². The Bertz CT molecular complexity index is 54.8. The molecule has 0 saturated heterocycles. The monoisotopic (exact) mass is 104 g/mol. The molecule has 0 spiro atoms. The van der Waals surface area contributed by atoms with Crippen LogP contribution in [0.4, 0.5) is 0 Å². The van der Waals surface area contributed by atoms with Crippen LogP contribution in [0, 0.1) is 5.88 Å². The number of hydrogen-bond acceptors (Lipinski definition) is 2. The highest BCUT2D eigenvalue weighted by molar-refractivity contribution is 7.82. The molecule has 0 atom stereocenters. The minimum absolute atomic E-state index is 0.0926. The quantitative estimate of drug-likeness (QED) is 0.456. The Hall–Kier alpha value is -0.180. The predicted octanol–water partition coefficient (Wildman–Crippen LogP) is 0.172. The van der Waals surface area contributed by atoms with Gasteiger partial charge in [0.1, 0.15) is 5.88 Å². The third-order valence-electron chi connectivity index (χ3n) is 0.268. The minimum Gasteiger partial charge on any atom is -0.342 e. The molecule has 0 aliphatic carbocycles. The van der Waals surface area contributed by atoms with Crippen LogP contribution in [0.15, 0.2) is 0 Å². The largest absolute Gasteiger partial charge is 0.342 e. The first-order valence-corrected chi connectivity index (χ1v) is 2.02. The molecule has 0 aromatic rings. The lowest BCUT2D eigenvalue weighted by molar-refractivity contribution is -0.118. The van der Waals surface area contributed by atoms with Gasteiger partial charge >= 0.3 is 0 Å². The summed E-state index contributed by atoms with van der Waals surface area (Å²) in [6.45, 7) is 1.42. The van der Waals surface area contributed by atoms with Crippen LogP contribution in [0.1, 0.15) is 6.92 Å². The number of nitrogens with one attached hydrogen (secondary N) is 1. The van der Waals surface area contributed by atoms with Crippen LogP contribution in [-0.2, 0) is 4.79 Å². The van der Waals surface area contributed by atoms with Crippen LogP contribution in [0.3, 0.4) is 0 Å². The molecule has 6 heavy (non-hydrogen) atoms. The van der Waals surface area contributed by atoms with Gasteiger partial charge < -0.3 is 5.32 Å². The van der Waals surface area contributed by atoms with Crippen molar-refractivity contribution in [3.05, 3.63) is 5.88 Å². The molecule has 35 valence electrons. The Morgan fingerprint density at radius 2 is 2.50 bits per heavy atom. The van der Waals surface area contributed by atoms with Crippen molar-refractivity contribution in [1.82, 2.24) is 5.32 Å². The Morgan fingerprint density at radius 1 is 2.00 bits per heavy atom. The minimum atomic E-state index is -0.0926. The molecular formula is C3H6NOS. The van der Waals surface area contributed by atoms with Gasteiger partial charge in [0.05, 0.1) is 0 Å². The number of thiol groups is 1.